The molecule has 164 valence electrons. The van der Waals surface area contributed by atoms with E-state index < -0.39 is 30.1 Å². The number of aliphatic hydroxyl groups excluding tert-OH is 2. The minimum atomic E-state index is -1.46. The van der Waals surface area contributed by atoms with Gasteiger partial charge in [0.15, 0.2) is 21.9 Å². The summed E-state index contributed by atoms with van der Waals surface area (Å²) < 4.78 is 11.3. The van der Waals surface area contributed by atoms with Gasteiger partial charge in [-0.1, -0.05) is 30.3 Å². The Hall–Kier alpha value is -0.920. The quantitative estimate of drug-likeness (QED) is 0.159. The second-order valence-electron chi connectivity index (χ2n) is 7.41. The molecule has 1 fully saturated rings. The number of rotatable bonds is 9. The van der Waals surface area contributed by atoms with E-state index in [1.165, 1.54) is 25.6 Å². The predicted molar refractivity (Wildman–Crippen MR) is 110 cm³/mol. The standard InChI is InChI=1S/C17H28ClN5O5S/c1-4-7-29-16-19-14(18)11-15(20-16)23(22-21-11)9-8-10(27-6-5-24)12(25)13(9)28-17(2,3)26/h9-10,12-13,21-22,24-26H,4-8H2,1-3H3. The van der Waals surface area contributed by atoms with Crippen LogP contribution in [0, 0.1) is 0 Å². The molecule has 10 nitrogen and oxygen atoms in total. The van der Waals surface area contributed by atoms with Crippen LogP contribution in [-0.4, -0.2) is 74.4 Å². The maximum absolute atomic E-state index is 10.8. The molecule has 2 aliphatic rings. The number of hydrogen-bond acceptors (Lipinski definition) is 11. The molecular formula is C17H28ClN5O5S. The fourth-order valence-electron chi connectivity index (χ4n) is 3.41. The minimum Gasteiger partial charge on any atom is -0.394 e. The van der Waals surface area contributed by atoms with Crippen LogP contribution in [-0.2, 0) is 9.47 Å². The molecule has 1 saturated carbocycles. The SMILES string of the molecule is CCCSc1nc(Cl)c2c(n1)N(C1CC(OCCO)C(O)C1OC(C)(C)O)NN2. The number of nitrogens with one attached hydrogen (secondary N) is 2. The molecule has 5 N–H and O–H groups in total. The lowest BCUT2D eigenvalue weighted by Gasteiger charge is -2.33. The number of hydrazine groups is 2. The third-order valence-corrected chi connectivity index (χ3v) is 5.87. The van der Waals surface area contributed by atoms with Gasteiger partial charge in [-0.05, 0) is 20.3 Å². The first-order valence-corrected chi connectivity index (χ1v) is 10.9. The van der Waals surface area contributed by atoms with Gasteiger partial charge in [-0.2, -0.15) is 0 Å². The van der Waals surface area contributed by atoms with Crippen molar-refractivity contribution >= 4 is 34.9 Å². The largest absolute Gasteiger partial charge is 0.394 e. The summed E-state index contributed by atoms with van der Waals surface area (Å²) >= 11 is 7.83. The predicted octanol–water partition coefficient (Wildman–Crippen LogP) is 0.908. The highest BCUT2D eigenvalue weighted by Crippen LogP contribution is 2.40. The monoisotopic (exact) mass is 449 g/mol. The normalized spacial score (nSPS) is 26.7. The second kappa shape index (κ2) is 9.48. The van der Waals surface area contributed by atoms with Gasteiger partial charge < -0.3 is 24.8 Å². The van der Waals surface area contributed by atoms with Crippen LogP contribution in [0.2, 0.25) is 5.15 Å². The lowest BCUT2D eigenvalue weighted by molar-refractivity contribution is -0.227. The Morgan fingerprint density at radius 2 is 2.14 bits per heavy atom. The molecule has 4 unspecified atom stereocenters. The summed E-state index contributed by atoms with van der Waals surface area (Å²) in [5.41, 5.74) is 6.51. The smallest absolute Gasteiger partial charge is 0.191 e. The van der Waals surface area contributed by atoms with Crippen molar-refractivity contribution in [1.82, 2.24) is 15.5 Å². The van der Waals surface area contributed by atoms with Crippen molar-refractivity contribution in [3.8, 4) is 0 Å². The van der Waals surface area contributed by atoms with Gasteiger partial charge in [0.25, 0.3) is 0 Å². The number of aliphatic hydroxyl groups is 3. The van der Waals surface area contributed by atoms with Crippen LogP contribution in [0.15, 0.2) is 5.16 Å². The first kappa shape index (κ1) is 22.8. The molecular weight excluding hydrogens is 422 g/mol. The van der Waals surface area contributed by atoms with E-state index in [2.05, 4.69) is 27.9 Å². The molecule has 0 amide bonds. The Morgan fingerprint density at radius 3 is 2.79 bits per heavy atom. The third-order valence-electron chi connectivity index (χ3n) is 4.54. The van der Waals surface area contributed by atoms with Gasteiger partial charge in [-0.3, -0.25) is 10.4 Å². The Morgan fingerprint density at radius 1 is 1.38 bits per heavy atom. The zero-order chi connectivity index (χ0) is 21.2. The fraction of sp³-hybridized carbons (Fsp3) is 0.765. The average Bonchev–Trinajstić information content (AvgIpc) is 3.19. The van der Waals surface area contributed by atoms with Gasteiger partial charge in [0.1, 0.15) is 17.9 Å². The van der Waals surface area contributed by atoms with Crippen molar-refractivity contribution in [2.45, 2.75) is 68.9 Å². The van der Waals surface area contributed by atoms with Crippen LogP contribution in [0.25, 0.3) is 0 Å². The van der Waals surface area contributed by atoms with Gasteiger partial charge in [0.05, 0.1) is 25.4 Å². The highest BCUT2D eigenvalue weighted by molar-refractivity contribution is 7.99. The van der Waals surface area contributed by atoms with E-state index in [4.69, 9.17) is 26.2 Å². The Labute approximate surface area is 178 Å². The van der Waals surface area contributed by atoms with E-state index in [-0.39, 0.29) is 18.4 Å². The lowest BCUT2D eigenvalue weighted by Crippen LogP contribution is -2.52. The summed E-state index contributed by atoms with van der Waals surface area (Å²) in [7, 11) is 0. The van der Waals surface area contributed by atoms with E-state index in [1.807, 2.05) is 0 Å². The first-order chi connectivity index (χ1) is 13.7. The molecule has 1 aliphatic heterocycles. The number of ether oxygens (including phenoxy) is 2. The van der Waals surface area contributed by atoms with Crippen molar-refractivity contribution in [1.29, 1.82) is 0 Å². The third kappa shape index (κ3) is 5.23. The molecule has 12 heteroatoms. The van der Waals surface area contributed by atoms with Gasteiger partial charge in [-0.15, -0.1) is 5.53 Å². The molecule has 0 spiro atoms. The Bertz CT molecular complexity index is 710. The highest BCUT2D eigenvalue weighted by atomic mass is 35.5. The molecule has 1 aromatic heterocycles. The van der Waals surface area contributed by atoms with Crippen molar-refractivity contribution in [3.05, 3.63) is 5.15 Å². The summed E-state index contributed by atoms with van der Waals surface area (Å²) in [6.45, 7) is 5.01. The zero-order valence-electron chi connectivity index (χ0n) is 16.6. The summed E-state index contributed by atoms with van der Waals surface area (Å²) in [5, 5.41) is 32.6. The number of fused-ring (bicyclic) bond motifs is 1. The highest BCUT2D eigenvalue weighted by Gasteiger charge is 2.50. The van der Waals surface area contributed by atoms with E-state index in [1.54, 1.807) is 5.01 Å². The minimum absolute atomic E-state index is 0.0950. The number of thioether (sulfide) groups is 1. The molecule has 4 atom stereocenters. The van der Waals surface area contributed by atoms with E-state index in [0.29, 0.717) is 23.1 Å². The second-order valence-corrected chi connectivity index (χ2v) is 8.83. The Balaban J connectivity index is 1.89. The van der Waals surface area contributed by atoms with Gasteiger partial charge in [-0.25, -0.2) is 9.97 Å². The summed E-state index contributed by atoms with van der Waals surface area (Å²) in [5.74, 6) is -0.0652. The van der Waals surface area contributed by atoms with Crippen molar-refractivity contribution in [3.63, 3.8) is 0 Å². The maximum Gasteiger partial charge on any atom is 0.191 e. The maximum atomic E-state index is 10.8. The van der Waals surface area contributed by atoms with Crippen molar-refractivity contribution in [2.75, 3.05) is 29.4 Å². The topological polar surface area (TPSA) is 132 Å². The molecule has 29 heavy (non-hydrogen) atoms. The van der Waals surface area contributed by atoms with E-state index in [9.17, 15) is 10.2 Å². The Kier molecular flexibility index (Phi) is 7.44. The molecule has 0 bridgehead atoms. The number of nitrogens with zero attached hydrogens (tertiary/aromatic N) is 3. The van der Waals surface area contributed by atoms with Crippen molar-refractivity contribution in [2.24, 2.45) is 0 Å². The summed E-state index contributed by atoms with van der Waals surface area (Å²) in [4.78, 5) is 8.92. The summed E-state index contributed by atoms with van der Waals surface area (Å²) in [6.07, 6.45) is -0.996. The number of halogens is 1. The number of anilines is 2. The lowest BCUT2D eigenvalue weighted by atomic mass is 10.1. The number of hydrogen-bond donors (Lipinski definition) is 5. The van der Waals surface area contributed by atoms with E-state index in [0.717, 1.165) is 12.2 Å². The van der Waals surface area contributed by atoms with Gasteiger partial charge in [0, 0.05) is 12.2 Å². The van der Waals surface area contributed by atoms with Crippen LogP contribution < -0.4 is 16.0 Å². The molecule has 0 radical (unpaired) electrons. The first-order valence-electron chi connectivity index (χ1n) is 9.57. The summed E-state index contributed by atoms with van der Waals surface area (Å²) in [6, 6.07) is -0.427. The molecule has 0 saturated heterocycles. The molecule has 1 aliphatic carbocycles. The van der Waals surface area contributed by atoms with Gasteiger partial charge in [0.2, 0.25) is 0 Å². The fourth-order valence-corrected chi connectivity index (χ4v) is 4.36. The van der Waals surface area contributed by atoms with Crippen LogP contribution in [0.5, 0.6) is 0 Å². The average molecular weight is 450 g/mol. The molecule has 2 heterocycles. The van der Waals surface area contributed by atoms with Crippen LogP contribution in [0.4, 0.5) is 11.5 Å². The molecule has 3 rings (SSSR count). The number of aromatic nitrogens is 2. The van der Waals surface area contributed by atoms with Gasteiger partial charge >= 0.3 is 0 Å². The zero-order valence-corrected chi connectivity index (χ0v) is 18.2. The van der Waals surface area contributed by atoms with Crippen LogP contribution in [0.3, 0.4) is 0 Å². The van der Waals surface area contributed by atoms with Crippen LogP contribution >= 0.6 is 23.4 Å². The van der Waals surface area contributed by atoms with Crippen LogP contribution in [0.1, 0.15) is 33.6 Å². The molecule has 0 aromatic carbocycles. The van der Waals surface area contributed by atoms with E-state index >= 15 is 0 Å². The molecule has 1 aromatic rings. The van der Waals surface area contributed by atoms with Crippen molar-refractivity contribution < 1.29 is 24.8 Å².